The number of hydrogen-bond acceptors (Lipinski definition) is 4. The summed E-state index contributed by atoms with van der Waals surface area (Å²) in [5.74, 6) is 0.148. The van der Waals surface area contributed by atoms with Crippen molar-refractivity contribution in [3.63, 3.8) is 0 Å². The molecule has 1 heterocycles. The summed E-state index contributed by atoms with van der Waals surface area (Å²) < 4.78 is 4.79. The SMILES string of the molecule is O=C(Nc1ccc(O)cc1)Nc1ccc(-c2ccon2)cc1. The Morgan fingerprint density at radius 2 is 1.50 bits per heavy atom. The number of rotatable bonds is 3. The van der Waals surface area contributed by atoms with Gasteiger partial charge in [-0.05, 0) is 36.4 Å². The number of anilines is 2. The summed E-state index contributed by atoms with van der Waals surface area (Å²) in [7, 11) is 0. The zero-order valence-electron chi connectivity index (χ0n) is 11.5. The molecule has 3 rings (SSSR count). The minimum absolute atomic E-state index is 0.148. The van der Waals surface area contributed by atoms with E-state index in [0.717, 1.165) is 11.3 Å². The number of phenols is 1. The first-order valence-corrected chi connectivity index (χ1v) is 6.58. The van der Waals surface area contributed by atoms with Crippen molar-refractivity contribution in [2.45, 2.75) is 0 Å². The molecule has 2 aromatic carbocycles. The number of carbonyl (C=O) groups excluding carboxylic acids is 1. The van der Waals surface area contributed by atoms with Gasteiger partial charge >= 0.3 is 6.03 Å². The Kier molecular flexibility index (Phi) is 3.74. The lowest BCUT2D eigenvalue weighted by Crippen LogP contribution is -2.19. The minimum Gasteiger partial charge on any atom is -0.508 e. The smallest absolute Gasteiger partial charge is 0.323 e. The van der Waals surface area contributed by atoms with Crippen molar-refractivity contribution >= 4 is 17.4 Å². The molecular weight excluding hydrogens is 282 g/mol. The Balaban J connectivity index is 1.63. The number of amides is 2. The zero-order valence-corrected chi connectivity index (χ0v) is 11.5. The largest absolute Gasteiger partial charge is 0.508 e. The molecular formula is C16H13N3O3. The number of aromatic nitrogens is 1. The molecule has 0 aliphatic carbocycles. The monoisotopic (exact) mass is 295 g/mol. The summed E-state index contributed by atoms with van der Waals surface area (Å²) in [6.07, 6.45) is 1.51. The molecule has 0 spiro atoms. The molecule has 0 bridgehead atoms. The molecule has 0 atom stereocenters. The predicted molar refractivity (Wildman–Crippen MR) is 82.7 cm³/mol. The van der Waals surface area contributed by atoms with Gasteiger partial charge in [-0.15, -0.1) is 0 Å². The van der Waals surface area contributed by atoms with Crippen molar-refractivity contribution in [2.75, 3.05) is 10.6 Å². The van der Waals surface area contributed by atoms with Crippen molar-refractivity contribution in [2.24, 2.45) is 0 Å². The minimum atomic E-state index is -0.361. The van der Waals surface area contributed by atoms with Crippen LogP contribution in [0.1, 0.15) is 0 Å². The second-order valence-corrected chi connectivity index (χ2v) is 4.59. The molecule has 0 aliphatic heterocycles. The second kappa shape index (κ2) is 6.01. The van der Waals surface area contributed by atoms with E-state index >= 15 is 0 Å². The fourth-order valence-electron chi connectivity index (χ4n) is 1.92. The van der Waals surface area contributed by atoms with Crippen molar-refractivity contribution in [1.29, 1.82) is 0 Å². The van der Waals surface area contributed by atoms with Crippen LogP contribution in [-0.2, 0) is 0 Å². The van der Waals surface area contributed by atoms with Gasteiger partial charge in [0, 0.05) is 23.0 Å². The molecule has 6 nitrogen and oxygen atoms in total. The van der Waals surface area contributed by atoms with E-state index in [9.17, 15) is 9.90 Å². The summed E-state index contributed by atoms with van der Waals surface area (Å²) in [5, 5.41) is 18.4. The predicted octanol–water partition coefficient (Wildman–Crippen LogP) is 3.69. The molecule has 0 saturated carbocycles. The highest BCUT2D eigenvalue weighted by molar-refractivity contribution is 5.99. The lowest BCUT2D eigenvalue weighted by atomic mass is 10.1. The van der Waals surface area contributed by atoms with Gasteiger partial charge in [0.25, 0.3) is 0 Å². The third kappa shape index (κ3) is 3.24. The van der Waals surface area contributed by atoms with Crippen molar-refractivity contribution in [3.8, 4) is 17.0 Å². The van der Waals surface area contributed by atoms with Crippen LogP contribution in [0.3, 0.4) is 0 Å². The maximum Gasteiger partial charge on any atom is 0.323 e. The second-order valence-electron chi connectivity index (χ2n) is 4.59. The molecule has 0 unspecified atom stereocenters. The summed E-state index contributed by atoms with van der Waals surface area (Å²) >= 11 is 0. The van der Waals surface area contributed by atoms with Crippen LogP contribution >= 0.6 is 0 Å². The molecule has 110 valence electrons. The van der Waals surface area contributed by atoms with Crippen LogP contribution in [0.15, 0.2) is 65.4 Å². The number of hydrogen-bond donors (Lipinski definition) is 3. The quantitative estimate of drug-likeness (QED) is 0.643. The van der Waals surface area contributed by atoms with E-state index in [1.54, 1.807) is 30.3 Å². The first-order chi connectivity index (χ1) is 10.7. The third-order valence-corrected chi connectivity index (χ3v) is 3.00. The first kappa shape index (κ1) is 13.7. The van der Waals surface area contributed by atoms with Crippen LogP contribution in [0, 0.1) is 0 Å². The molecule has 22 heavy (non-hydrogen) atoms. The van der Waals surface area contributed by atoms with Crippen LogP contribution < -0.4 is 10.6 Å². The molecule has 2 amide bonds. The van der Waals surface area contributed by atoms with E-state index in [1.165, 1.54) is 18.4 Å². The Hall–Kier alpha value is -3.28. The van der Waals surface area contributed by atoms with Crippen LogP contribution in [0.25, 0.3) is 11.3 Å². The van der Waals surface area contributed by atoms with Crippen LogP contribution in [0.2, 0.25) is 0 Å². The van der Waals surface area contributed by atoms with Gasteiger partial charge in [-0.3, -0.25) is 0 Å². The summed E-state index contributed by atoms with van der Waals surface area (Å²) in [4.78, 5) is 11.9. The number of phenolic OH excluding ortho intramolecular Hbond substituents is 1. The average molecular weight is 295 g/mol. The van der Waals surface area contributed by atoms with Crippen molar-refractivity contribution < 1.29 is 14.4 Å². The average Bonchev–Trinajstić information content (AvgIpc) is 3.05. The highest BCUT2D eigenvalue weighted by atomic mass is 16.5. The number of urea groups is 1. The molecule has 3 N–H and O–H groups in total. The van der Waals surface area contributed by atoms with Crippen LogP contribution in [0.5, 0.6) is 5.75 Å². The fourth-order valence-corrected chi connectivity index (χ4v) is 1.92. The van der Waals surface area contributed by atoms with Crippen molar-refractivity contribution in [3.05, 3.63) is 60.9 Å². The van der Waals surface area contributed by atoms with Gasteiger partial charge in [-0.2, -0.15) is 0 Å². The number of benzene rings is 2. The van der Waals surface area contributed by atoms with Gasteiger partial charge in [-0.1, -0.05) is 17.3 Å². The summed E-state index contributed by atoms with van der Waals surface area (Å²) in [6.45, 7) is 0. The summed E-state index contributed by atoms with van der Waals surface area (Å²) in [5.41, 5.74) is 2.89. The Bertz CT molecular complexity index is 750. The van der Waals surface area contributed by atoms with Gasteiger partial charge in [0.2, 0.25) is 0 Å². The standard InChI is InChI=1S/C16H13N3O3/c20-14-7-5-13(6-8-14)18-16(21)17-12-3-1-11(2-4-12)15-9-10-22-19-15/h1-10,20H,(H2,17,18,21). The lowest BCUT2D eigenvalue weighted by molar-refractivity contribution is 0.262. The summed E-state index contributed by atoms with van der Waals surface area (Å²) in [6, 6.07) is 14.9. The van der Waals surface area contributed by atoms with Gasteiger partial charge < -0.3 is 20.3 Å². The van der Waals surface area contributed by atoms with E-state index in [4.69, 9.17) is 4.52 Å². The maximum absolute atomic E-state index is 11.9. The fraction of sp³-hybridized carbons (Fsp3) is 0. The number of nitrogens with one attached hydrogen (secondary N) is 2. The Morgan fingerprint density at radius 3 is 2.05 bits per heavy atom. The normalized spacial score (nSPS) is 10.2. The highest BCUT2D eigenvalue weighted by Crippen LogP contribution is 2.20. The van der Waals surface area contributed by atoms with E-state index in [0.29, 0.717) is 11.4 Å². The topological polar surface area (TPSA) is 87.4 Å². The van der Waals surface area contributed by atoms with E-state index in [-0.39, 0.29) is 11.8 Å². The Labute approximate surface area is 126 Å². The van der Waals surface area contributed by atoms with Gasteiger partial charge in [-0.25, -0.2) is 4.79 Å². The Morgan fingerprint density at radius 1 is 0.909 bits per heavy atom. The third-order valence-electron chi connectivity index (χ3n) is 3.00. The molecule has 3 aromatic rings. The lowest BCUT2D eigenvalue weighted by Gasteiger charge is -2.08. The van der Waals surface area contributed by atoms with Gasteiger partial charge in [0.15, 0.2) is 0 Å². The van der Waals surface area contributed by atoms with Gasteiger partial charge in [0.1, 0.15) is 17.7 Å². The molecule has 0 radical (unpaired) electrons. The first-order valence-electron chi connectivity index (χ1n) is 6.58. The van der Waals surface area contributed by atoms with Crippen LogP contribution in [-0.4, -0.2) is 16.3 Å². The molecule has 0 saturated heterocycles. The molecule has 6 heteroatoms. The van der Waals surface area contributed by atoms with E-state index in [2.05, 4.69) is 15.8 Å². The number of aromatic hydroxyl groups is 1. The molecule has 0 fully saturated rings. The van der Waals surface area contributed by atoms with E-state index in [1.807, 2.05) is 12.1 Å². The molecule has 0 aliphatic rings. The number of nitrogens with zero attached hydrogens (tertiary/aromatic N) is 1. The van der Waals surface area contributed by atoms with Crippen molar-refractivity contribution in [1.82, 2.24) is 5.16 Å². The van der Waals surface area contributed by atoms with Crippen LogP contribution in [0.4, 0.5) is 16.2 Å². The highest BCUT2D eigenvalue weighted by Gasteiger charge is 2.04. The van der Waals surface area contributed by atoms with E-state index < -0.39 is 0 Å². The zero-order chi connectivity index (χ0) is 15.4. The molecule has 1 aromatic heterocycles. The van der Waals surface area contributed by atoms with Gasteiger partial charge in [0.05, 0.1) is 0 Å². The maximum atomic E-state index is 11.9. The number of carbonyl (C=O) groups is 1.